The Morgan fingerprint density at radius 1 is 0.963 bits per heavy atom. The van der Waals surface area contributed by atoms with Crippen molar-refractivity contribution in [3.8, 4) is 0 Å². The van der Waals surface area contributed by atoms with E-state index < -0.39 is 0 Å². The fourth-order valence-electron chi connectivity index (χ4n) is 3.44. The van der Waals surface area contributed by atoms with Crippen LogP contribution in [0, 0.1) is 5.92 Å². The summed E-state index contributed by atoms with van der Waals surface area (Å²) in [7, 11) is 0. The topological polar surface area (TPSA) is 72.5 Å². The number of carbonyl (C=O) groups is 3. The Bertz CT molecular complexity index is 888. The van der Waals surface area contributed by atoms with E-state index in [1.807, 2.05) is 6.92 Å². The van der Waals surface area contributed by atoms with E-state index in [1.165, 1.54) is 0 Å². The van der Waals surface area contributed by atoms with Crippen LogP contribution in [0.15, 0.2) is 42.5 Å². The third-order valence-corrected chi connectivity index (χ3v) is 4.75. The molecule has 0 fully saturated rings. The molecule has 0 aromatic heterocycles. The van der Waals surface area contributed by atoms with E-state index in [-0.39, 0.29) is 23.5 Å². The van der Waals surface area contributed by atoms with Crippen LogP contribution >= 0.6 is 0 Å². The van der Waals surface area contributed by atoms with E-state index in [2.05, 4.69) is 5.32 Å². The molecule has 140 valence electrons. The van der Waals surface area contributed by atoms with E-state index in [1.54, 1.807) is 49.4 Å². The van der Waals surface area contributed by atoms with E-state index in [0.29, 0.717) is 47.5 Å². The Hall–Kier alpha value is -2.95. The smallest absolute Gasteiger partial charge is 0.310 e. The molecular formula is C22H23NO4. The van der Waals surface area contributed by atoms with E-state index in [4.69, 9.17) is 4.74 Å². The Labute approximate surface area is 158 Å². The fraction of sp³-hybridized carbons (Fsp3) is 0.318. The van der Waals surface area contributed by atoms with Gasteiger partial charge in [-0.05, 0) is 19.4 Å². The number of carbonyl (C=O) groups excluding carboxylic acids is 3. The van der Waals surface area contributed by atoms with Crippen molar-refractivity contribution in [3.63, 3.8) is 0 Å². The largest absolute Gasteiger partial charge is 0.466 e. The van der Waals surface area contributed by atoms with Gasteiger partial charge in [0.15, 0.2) is 11.6 Å². The number of hydrogen-bond donors (Lipinski definition) is 1. The number of nitrogens with one attached hydrogen (secondary N) is 1. The van der Waals surface area contributed by atoms with Gasteiger partial charge in [0, 0.05) is 28.9 Å². The summed E-state index contributed by atoms with van der Waals surface area (Å²) in [6, 6.07) is 12.1. The number of ether oxygens (including phenoxy) is 1. The summed E-state index contributed by atoms with van der Waals surface area (Å²) in [5.74, 6) is -0.872. The molecule has 0 spiro atoms. The molecule has 1 unspecified atom stereocenters. The lowest BCUT2D eigenvalue weighted by Gasteiger charge is -2.22. The van der Waals surface area contributed by atoms with Gasteiger partial charge in [0.25, 0.3) is 0 Å². The van der Waals surface area contributed by atoms with Gasteiger partial charge in [-0.25, -0.2) is 0 Å². The molecule has 0 saturated heterocycles. The molecule has 3 rings (SSSR count). The normalized spacial score (nSPS) is 13.6. The lowest BCUT2D eigenvalue weighted by molar-refractivity contribution is -0.147. The van der Waals surface area contributed by atoms with Crippen molar-refractivity contribution in [1.29, 1.82) is 0 Å². The van der Waals surface area contributed by atoms with Crippen molar-refractivity contribution >= 4 is 23.2 Å². The van der Waals surface area contributed by atoms with Gasteiger partial charge in [-0.1, -0.05) is 49.7 Å². The maximum absolute atomic E-state index is 13.0. The van der Waals surface area contributed by atoms with Crippen LogP contribution in [0.4, 0.5) is 5.69 Å². The number of rotatable bonds is 7. The minimum atomic E-state index is -0.299. The van der Waals surface area contributed by atoms with E-state index >= 15 is 0 Å². The minimum absolute atomic E-state index is 0.153. The first-order valence-corrected chi connectivity index (χ1v) is 9.30. The molecule has 0 bridgehead atoms. The first-order valence-electron chi connectivity index (χ1n) is 9.30. The predicted molar refractivity (Wildman–Crippen MR) is 103 cm³/mol. The molecular weight excluding hydrogens is 342 g/mol. The molecule has 1 aliphatic carbocycles. The van der Waals surface area contributed by atoms with E-state index in [0.717, 1.165) is 6.42 Å². The van der Waals surface area contributed by atoms with Gasteiger partial charge in [-0.15, -0.1) is 0 Å². The predicted octanol–water partition coefficient (Wildman–Crippen LogP) is 3.85. The molecule has 1 N–H and O–H groups in total. The van der Waals surface area contributed by atoms with Gasteiger partial charge < -0.3 is 10.1 Å². The van der Waals surface area contributed by atoms with Crippen molar-refractivity contribution in [2.75, 3.05) is 18.5 Å². The number of ketones is 2. The monoisotopic (exact) mass is 365 g/mol. The van der Waals surface area contributed by atoms with Crippen molar-refractivity contribution in [1.82, 2.24) is 0 Å². The molecule has 0 heterocycles. The van der Waals surface area contributed by atoms with Gasteiger partial charge >= 0.3 is 5.97 Å². The number of esters is 1. The highest BCUT2D eigenvalue weighted by atomic mass is 16.5. The van der Waals surface area contributed by atoms with Gasteiger partial charge in [-0.3, -0.25) is 14.4 Å². The molecule has 27 heavy (non-hydrogen) atoms. The van der Waals surface area contributed by atoms with Crippen LogP contribution < -0.4 is 5.32 Å². The fourth-order valence-corrected chi connectivity index (χ4v) is 3.44. The standard InChI is InChI=1S/C22H23NO4/c1-3-8-14(22(26)27-4-2)13-23-18-12-7-11-17-19(18)21(25)16-10-6-5-9-15(16)20(17)24/h5-7,9-12,14,23H,3-4,8,13H2,1-2H3. The van der Waals surface area contributed by atoms with Gasteiger partial charge in [-0.2, -0.15) is 0 Å². The average Bonchev–Trinajstić information content (AvgIpc) is 2.69. The molecule has 0 aliphatic heterocycles. The van der Waals surface area contributed by atoms with Crippen LogP contribution in [0.25, 0.3) is 0 Å². The third-order valence-electron chi connectivity index (χ3n) is 4.75. The molecule has 2 aromatic carbocycles. The van der Waals surface area contributed by atoms with Crippen LogP contribution in [-0.4, -0.2) is 30.7 Å². The summed E-state index contributed by atoms with van der Waals surface area (Å²) in [4.78, 5) is 37.9. The first kappa shape index (κ1) is 18.8. The van der Waals surface area contributed by atoms with E-state index in [9.17, 15) is 14.4 Å². The summed E-state index contributed by atoms with van der Waals surface area (Å²) in [5.41, 5.74) is 2.19. The zero-order chi connectivity index (χ0) is 19.4. The molecule has 5 heteroatoms. The van der Waals surface area contributed by atoms with Crippen LogP contribution in [-0.2, 0) is 9.53 Å². The summed E-state index contributed by atoms with van der Waals surface area (Å²) >= 11 is 0. The van der Waals surface area contributed by atoms with Crippen LogP contribution in [0.1, 0.15) is 58.5 Å². The number of fused-ring (bicyclic) bond motifs is 2. The maximum atomic E-state index is 13.0. The quantitative estimate of drug-likeness (QED) is 0.644. The Morgan fingerprint density at radius 2 is 1.63 bits per heavy atom. The van der Waals surface area contributed by atoms with Crippen LogP contribution in [0.2, 0.25) is 0 Å². The Morgan fingerprint density at radius 3 is 2.30 bits per heavy atom. The SMILES string of the molecule is CCCC(CNc1cccc2c1C(=O)c1ccccc1C2=O)C(=O)OCC. The Kier molecular flexibility index (Phi) is 5.69. The lowest BCUT2D eigenvalue weighted by Crippen LogP contribution is -2.27. The summed E-state index contributed by atoms with van der Waals surface area (Å²) in [6.45, 7) is 4.48. The third kappa shape index (κ3) is 3.63. The van der Waals surface area contributed by atoms with Crippen LogP contribution in [0.5, 0.6) is 0 Å². The summed E-state index contributed by atoms with van der Waals surface area (Å²) in [6.07, 6.45) is 1.54. The van der Waals surface area contributed by atoms with Crippen molar-refractivity contribution in [3.05, 3.63) is 64.7 Å². The van der Waals surface area contributed by atoms with Crippen molar-refractivity contribution < 1.29 is 19.1 Å². The highest BCUT2D eigenvalue weighted by molar-refractivity contribution is 6.30. The van der Waals surface area contributed by atoms with Crippen LogP contribution in [0.3, 0.4) is 0 Å². The zero-order valence-electron chi connectivity index (χ0n) is 15.6. The average molecular weight is 365 g/mol. The molecule has 0 amide bonds. The molecule has 5 nitrogen and oxygen atoms in total. The van der Waals surface area contributed by atoms with Gasteiger partial charge in [0.05, 0.1) is 18.1 Å². The van der Waals surface area contributed by atoms with Gasteiger partial charge in [0.2, 0.25) is 0 Å². The highest BCUT2D eigenvalue weighted by Crippen LogP contribution is 2.32. The molecule has 2 aromatic rings. The highest BCUT2D eigenvalue weighted by Gasteiger charge is 2.31. The molecule has 0 saturated carbocycles. The van der Waals surface area contributed by atoms with Gasteiger partial charge in [0.1, 0.15) is 0 Å². The molecule has 0 radical (unpaired) electrons. The second kappa shape index (κ2) is 8.16. The Balaban J connectivity index is 1.90. The number of anilines is 1. The van der Waals surface area contributed by atoms with Crippen molar-refractivity contribution in [2.45, 2.75) is 26.7 Å². The summed E-state index contributed by atoms with van der Waals surface area (Å²) in [5, 5.41) is 3.20. The first-order chi connectivity index (χ1) is 13.1. The maximum Gasteiger partial charge on any atom is 0.310 e. The summed E-state index contributed by atoms with van der Waals surface area (Å²) < 4.78 is 5.14. The molecule has 1 atom stereocenters. The molecule has 1 aliphatic rings. The number of benzene rings is 2. The van der Waals surface area contributed by atoms with Crippen molar-refractivity contribution in [2.24, 2.45) is 5.92 Å². The number of hydrogen-bond acceptors (Lipinski definition) is 5. The second-order valence-corrected chi connectivity index (χ2v) is 6.55. The second-order valence-electron chi connectivity index (χ2n) is 6.55. The minimum Gasteiger partial charge on any atom is -0.466 e. The zero-order valence-corrected chi connectivity index (χ0v) is 15.6. The lowest BCUT2D eigenvalue weighted by atomic mass is 9.83.